The minimum Gasteiger partial charge on any atom is -0.462 e. The third-order valence-electron chi connectivity index (χ3n) is 12.1. The maximum Gasteiger partial charge on any atom is 0.472 e. The zero-order valence-electron chi connectivity index (χ0n) is 44.5. The summed E-state index contributed by atoms with van der Waals surface area (Å²) in [5.41, 5.74) is 5.36. The Morgan fingerprint density at radius 1 is 0.464 bits per heavy atom. The molecule has 0 aromatic heterocycles. The second-order valence-electron chi connectivity index (χ2n) is 18.8. The molecule has 0 spiro atoms. The van der Waals surface area contributed by atoms with Gasteiger partial charge in [-0.1, -0.05) is 254 Å². The smallest absolute Gasteiger partial charge is 0.462 e. The van der Waals surface area contributed by atoms with Gasteiger partial charge in [-0.2, -0.15) is 0 Å². The van der Waals surface area contributed by atoms with Crippen molar-refractivity contribution in [3.63, 3.8) is 0 Å². The van der Waals surface area contributed by atoms with Gasteiger partial charge in [-0.25, -0.2) is 4.57 Å². The third-order valence-corrected chi connectivity index (χ3v) is 13.1. The van der Waals surface area contributed by atoms with Crippen molar-refractivity contribution in [1.29, 1.82) is 0 Å². The van der Waals surface area contributed by atoms with Gasteiger partial charge in [-0.15, -0.1) is 0 Å². The Morgan fingerprint density at radius 3 is 1.25 bits per heavy atom. The van der Waals surface area contributed by atoms with E-state index in [0.29, 0.717) is 6.42 Å². The lowest BCUT2D eigenvalue weighted by Crippen LogP contribution is -2.29. The Hall–Kier alpha value is -2.55. The fourth-order valence-electron chi connectivity index (χ4n) is 7.94. The predicted molar refractivity (Wildman–Crippen MR) is 293 cm³/mol. The first-order chi connectivity index (χ1) is 33.8. The van der Waals surface area contributed by atoms with Gasteiger partial charge in [0.05, 0.1) is 19.6 Å². The first-order valence-corrected chi connectivity index (χ1v) is 29.9. The molecule has 2 unspecified atom stereocenters. The van der Waals surface area contributed by atoms with Crippen LogP contribution in [0.1, 0.15) is 258 Å². The van der Waals surface area contributed by atoms with Crippen molar-refractivity contribution in [2.45, 2.75) is 264 Å². The summed E-state index contributed by atoms with van der Waals surface area (Å²) in [6.45, 7) is 3.53. The normalized spacial score (nSPS) is 13.6. The Morgan fingerprint density at radius 2 is 0.841 bits per heavy atom. The molecule has 0 amide bonds. The Bertz CT molecular complexity index is 1360. The molecule has 0 aliphatic carbocycles. The molecule has 0 aromatic carbocycles. The van der Waals surface area contributed by atoms with Gasteiger partial charge in [0.15, 0.2) is 6.10 Å². The largest absolute Gasteiger partial charge is 0.472 e. The molecule has 3 N–H and O–H groups in total. The van der Waals surface area contributed by atoms with Gasteiger partial charge in [0.2, 0.25) is 0 Å². The van der Waals surface area contributed by atoms with Crippen LogP contribution in [0.15, 0.2) is 72.9 Å². The van der Waals surface area contributed by atoms with E-state index in [1.54, 1.807) is 6.08 Å². The highest BCUT2D eigenvalue weighted by molar-refractivity contribution is 7.47. The number of carbonyl (C=O) groups excluding carboxylic acids is 2. The molecule has 0 aromatic rings. The van der Waals surface area contributed by atoms with Crippen LogP contribution in [0.4, 0.5) is 0 Å². The number of unbranched alkanes of at least 4 members (excludes halogenated alkanes) is 29. The SMILES string of the molecule is CC/C=C\C/C=C\C/C=C\C/C=C\C/C=C\CC(=O)OC(COC(=O)CCCCCCCCCCCCCCCCCCCCCCC/C=C\CCCCCCCCCC)COP(=O)(O)OCCN. The first kappa shape index (κ1) is 66.5. The standard InChI is InChI=1S/C59H106NO8P/c1-3-5-7-9-11-13-15-17-19-20-21-22-23-24-25-26-27-28-29-30-31-32-33-34-35-36-38-39-41-43-45-47-49-51-58(61)65-55-57(56-67-69(63,64)66-54-53-60)68-59(62)52-50-48-46-44-42-40-37-18-16-14-12-10-8-6-4-2/h6,8,12,14,18,20-21,37,42,44,48,50,57H,3-5,7,9-11,13,15-17,19,22-36,38-41,43,45-47,49,51-56,60H2,1-2H3,(H,63,64)/b8-6-,14-12-,21-20-,37-18-,44-42-,50-48-. The Balaban J connectivity index is 3.89. The molecule has 0 radical (unpaired) electrons. The van der Waals surface area contributed by atoms with Crippen LogP contribution in [0.3, 0.4) is 0 Å². The van der Waals surface area contributed by atoms with Gasteiger partial charge in [0.1, 0.15) is 6.61 Å². The molecule has 0 fully saturated rings. The van der Waals surface area contributed by atoms with Crippen LogP contribution in [0.2, 0.25) is 0 Å². The molecule has 0 aliphatic rings. The number of ether oxygens (including phenoxy) is 2. The van der Waals surface area contributed by atoms with E-state index in [4.69, 9.17) is 24.3 Å². The van der Waals surface area contributed by atoms with Crippen LogP contribution in [0.5, 0.6) is 0 Å². The van der Waals surface area contributed by atoms with Crippen molar-refractivity contribution >= 4 is 19.8 Å². The van der Waals surface area contributed by atoms with Crippen molar-refractivity contribution in [1.82, 2.24) is 0 Å². The fourth-order valence-corrected chi connectivity index (χ4v) is 8.71. The topological polar surface area (TPSA) is 134 Å². The van der Waals surface area contributed by atoms with Crippen LogP contribution in [0, 0.1) is 0 Å². The molecule has 69 heavy (non-hydrogen) atoms. The zero-order chi connectivity index (χ0) is 50.2. The lowest BCUT2D eigenvalue weighted by atomic mass is 10.0. The van der Waals surface area contributed by atoms with E-state index in [2.05, 4.69) is 68.5 Å². The fraction of sp³-hybridized carbons (Fsp3) is 0.763. The second kappa shape index (κ2) is 54.8. The second-order valence-corrected chi connectivity index (χ2v) is 20.2. The van der Waals surface area contributed by atoms with Gasteiger partial charge in [-0.3, -0.25) is 18.6 Å². The molecule has 9 nitrogen and oxygen atoms in total. The minimum absolute atomic E-state index is 0.00285. The van der Waals surface area contributed by atoms with Gasteiger partial charge in [0.25, 0.3) is 0 Å². The van der Waals surface area contributed by atoms with Crippen LogP contribution in [-0.2, 0) is 32.7 Å². The van der Waals surface area contributed by atoms with Crippen molar-refractivity contribution in [3.8, 4) is 0 Å². The van der Waals surface area contributed by atoms with Gasteiger partial charge in [0, 0.05) is 13.0 Å². The summed E-state index contributed by atoms with van der Waals surface area (Å²) in [4.78, 5) is 35.0. The highest BCUT2D eigenvalue weighted by atomic mass is 31.2. The maximum absolute atomic E-state index is 12.6. The number of hydrogen-bond donors (Lipinski definition) is 2. The maximum atomic E-state index is 12.6. The molecular weight excluding hydrogens is 882 g/mol. The summed E-state index contributed by atoms with van der Waals surface area (Å²) in [6.07, 6.45) is 70.2. The number of nitrogens with two attached hydrogens (primary N) is 1. The third kappa shape index (κ3) is 54.6. The molecule has 0 aliphatic heterocycles. The molecule has 0 rings (SSSR count). The molecule has 0 saturated heterocycles. The van der Waals surface area contributed by atoms with Crippen molar-refractivity contribution in [3.05, 3.63) is 72.9 Å². The minimum atomic E-state index is -4.41. The number of phosphoric ester groups is 1. The zero-order valence-corrected chi connectivity index (χ0v) is 45.4. The van der Waals surface area contributed by atoms with E-state index in [0.717, 1.165) is 44.9 Å². The van der Waals surface area contributed by atoms with Crippen molar-refractivity contribution < 1.29 is 37.6 Å². The monoisotopic (exact) mass is 988 g/mol. The summed E-state index contributed by atoms with van der Waals surface area (Å²) in [5, 5.41) is 0. The summed E-state index contributed by atoms with van der Waals surface area (Å²) in [5.74, 6) is -0.971. The lowest BCUT2D eigenvalue weighted by molar-refractivity contribution is -0.160. The first-order valence-electron chi connectivity index (χ1n) is 28.4. The predicted octanol–water partition coefficient (Wildman–Crippen LogP) is 17.7. The quantitative estimate of drug-likeness (QED) is 0.0264. The van der Waals surface area contributed by atoms with Crippen LogP contribution >= 0.6 is 7.82 Å². The molecule has 2 atom stereocenters. The summed E-state index contributed by atoms with van der Waals surface area (Å²) >= 11 is 0. The van der Waals surface area contributed by atoms with E-state index in [1.807, 2.05) is 12.2 Å². The number of esters is 2. The highest BCUT2D eigenvalue weighted by Crippen LogP contribution is 2.43. The average molecular weight is 988 g/mol. The number of carbonyl (C=O) groups is 2. The number of hydrogen-bond acceptors (Lipinski definition) is 8. The van der Waals surface area contributed by atoms with Crippen molar-refractivity contribution in [2.75, 3.05) is 26.4 Å². The van der Waals surface area contributed by atoms with Gasteiger partial charge >= 0.3 is 19.8 Å². The molecule has 0 heterocycles. The Kier molecular flexibility index (Phi) is 52.8. The van der Waals surface area contributed by atoms with E-state index < -0.39 is 32.5 Å². The summed E-state index contributed by atoms with van der Waals surface area (Å²) < 4.78 is 32.8. The van der Waals surface area contributed by atoms with Gasteiger partial charge < -0.3 is 20.1 Å². The van der Waals surface area contributed by atoms with Crippen LogP contribution in [0.25, 0.3) is 0 Å². The van der Waals surface area contributed by atoms with E-state index in [1.165, 1.54) is 180 Å². The summed E-state index contributed by atoms with van der Waals surface area (Å²) in [7, 11) is -4.41. The van der Waals surface area contributed by atoms with E-state index >= 15 is 0 Å². The van der Waals surface area contributed by atoms with Crippen molar-refractivity contribution in [2.24, 2.45) is 5.73 Å². The van der Waals surface area contributed by atoms with E-state index in [-0.39, 0.29) is 32.6 Å². The van der Waals surface area contributed by atoms with Crippen LogP contribution in [-0.4, -0.2) is 49.3 Å². The average Bonchev–Trinajstić information content (AvgIpc) is 3.34. The molecule has 400 valence electrons. The highest BCUT2D eigenvalue weighted by Gasteiger charge is 2.25. The van der Waals surface area contributed by atoms with Crippen LogP contribution < -0.4 is 5.73 Å². The molecular formula is C59H106NO8P. The Labute approximate surface area is 424 Å². The lowest BCUT2D eigenvalue weighted by Gasteiger charge is -2.19. The number of phosphoric acid groups is 1. The molecule has 10 heteroatoms. The number of rotatable bonds is 53. The molecule has 0 saturated carbocycles. The number of allylic oxidation sites excluding steroid dienone is 11. The van der Waals surface area contributed by atoms with E-state index in [9.17, 15) is 19.0 Å². The van der Waals surface area contributed by atoms with Gasteiger partial charge in [-0.05, 0) is 64.2 Å². The summed E-state index contributed by atoms with van der Waals surface area (Å²) in [6, 6.07) is 0. The molecule has 0 bridgehead atoms.